The highest BCUT2D eigenvalue weighted by Gasteiger charge is 2.15. The van der Waals surface area contributed by atoms with Crippen LogP contribution in [0.25, 0.3) is 0 Å². The van der Waals surface area contributed by atoms with E-state index >= 15 is 0 Å². The van der Waals surface area contributed by atoms with Gasteiger partial charge >= 0.3 is 5.97 Å². The number of halogens is 3. The van der Waals surface area contributed by atoms with Gasteiger partial charge in [0.15, 0.2) is 0 Å². The van der Waals surface area contributed by atoms with E-state index in [1.54, 1.807) is 6.07 Å². The van der Waals surface area contributed by atoms with Gasteiger partial charge in [0, 0.05) is 4.47 Å². The SMILES string of the molecule is COC(=O)c1cccc(C(Br)Br)c1Br. The highest BCUT2D eigenvalue weighted by atomic mass is 79.9. The minimum Gasteiger partial charge on any atom is -0.465 e. The Morgan fingerprint density at radius 2 is 2.07 bits per heavy atom. The quantitative estimate of drug-likeness (QED) is 0.566. The first-order valence-corrected chi connectivity index (χ1v) is 6.35. The summed E-state index contributed by atoms with van der Waals surface area (Å²) in [4.78, 5) is 11.3. The Bertz CT molecular complexity index is 350. The van der Waals surface area contributed by atoms with Crippen LogP contribution in [0.5, 0.6) is 0 Å². The van der Waals surface area contributed by atoms with Crippen LogP contribution < -0.4 is 0 Å². The lowest BCUT2D eigenvalue weighted by Crippen LogP contribution is -2.03. The van der Waals surface area contributed by atoms with Gasteiger partial charge in [-0.3, -0.25) is 0 Å². The third-order valence-corrected chi connectivity index (χ3v) is 3.54. The summed E-state index contributed by atoms with van der Waals surface area (Å²) >= 11 is 10.1. The molecule has 1 rings (SSSR count). The van der Waals surface area contributed by atoms with Crippen LogP contribution in [0.1, 0.15) is 19.7 Å². The van der Waals surface area contributed by atoms with Gasteiger partial charge in [-0.15, -0.1) is 0 Å². The largest absolute Gasteiger partial charge is 0.465 e. The van der Waals surface area contributed by atoms with Gasteiger partial charge in [0.05, 0.1) is 16.4 Å². The number of hydrogen-bond donors (Lipinski definition) is 0. The molecule has 0 aliphatic heterocycles. The lowest BCUT2D eigenvalue weighted by Gasteiger charge is -2.08. The zero-order chi connectivity index (χ0) is 10.7. The molecule has 0 bridgehead atoms. The van der Waals surface area contributed by atoms with Crippen molar-refractivity contribution in [2.75, 3.05) is 7.11 Å². The lowest BCUT2D eigenvalue weighted by molar-refractivity contribution is 0.0599. The number of ether oxygens (including phenoxy) is 1. The highest BCUT2D eigenvalue weighted by molar-refractivity contribution is 9.24. The van der Waals surface area contributed by atoms with Crippen LogP contribution >= 0.6 is 47.8 Å². The Hall–Kier alpha value is 0.130. The summed E-state index contributed by atoms with van der Waals surface area (Å²) in [6.45, 7) is 0. The molecule has 14 heavy (non-hydrogen) atoms. The first-order chi connectivity index (χ1) is 6.57. The van der Waals surface area contributed by atoms with Crippen molar-refractivity contribution in [2.45, 2.75) is 3.74 Å². The van der Waals surface area contributed by atoms with Crippen molar-refractivity contribution in [3.05, 3.63) is 33.8 Å². The first kappa shape index (κ1) is 12.2. The van der Waals surface area contributed by atoms with Gasteiger partial charge in [0.1, 0.15) is 0 Å². The molecule has 0 aliphatic carbocycles. The van der Waals surface area contributed by atoms with Gasteiger partial charge in [-0.2, -0.15) is 0 Å². The Kier molecular flexibility index (Phi) is 4.60. The summed E-state index contributed by atoms with van der Waals surface area (Å²) in [5, 5.41) is 0. The highest BCUT2D eigenvalue weighted by Crippen LogP contribution is 2.36. The van der Waals surface area contributed by atoms with Gasteiger partial charge in [-0.05, 0) is 27.6 Å². The maximum atomic E-state index is 11.3. The lowest BCUT2D eigenvalue weighted by atomic mass is 10.1. The van der Waals surface area contributed by atoms with Crippen LogP contribution in [0.2, 0.25) is 0 Å². The zero-order valence-electron chi connectivity index (χ0n) is 7.26. The monoisotopic (exact) mass is 384 g/mol. The number of methoxy groups -OCH3 is 1. The summed E-state index contributed by atoms with van der Waals surface area (Å²) in [6.07, 6.45) is 0. The number of esters is 1. The molecule has 0 saturated carbocycles. The van der Waals surface area contributed by atoms with Gasteiger partial charge in [0.25, 0.3) is 0 Å². The normalized spacial score (nSPS) is 10.4. The number of carbonyl (C=O) groups is 1. The van der Waals surface area contributed by atoms with Crippen LogP contribution in [-0.2, 0) is 4.74 Å². The minimum atomic E-state index is -0.348. The second kappa shape index (κ2) is 5.28. The predicted molar refractivity (Wildman–Crippen MR) is 66.1 cm³/mol. The molecule has 0 aromatic heterocycles. The molecule has 0 N–H and O–H groups in total. The molecule has 0 radical (unpaired) electrons. The molecule has 76 valence electrons. The van der Waals surface area contributed by atoms with Crippen molar-refractivity contribution in [2.24, 2.45) is 0 Å². The molecular weight excluding hydrogens is 380 g/mol. The molecule has 0 heterocycles. The number of carbonyl (C=O) groups excluding carboxylic acids is 1. The maximum Gasteiger partial charge on any atom is 0.339 e. The van der Waals surface area contributed by atoms with E-state index in [1.807, 2.05) is 12.1 Å². The molecule has 1 aromatic carbocycles. The topological polar surface area (TPSA) is 26.3 Å². The summed E-state index contributed by atoms with van der Waals surface area (Å²) in [6, 6.07) is 5.42. The van der Waals surface area contributed by atoms with Crippen LogP contribution in [0.4, 0.5) is 0 Å². The molecule has 0 unspecified atom stereocenters. The Morgan fingerprint density at radius 3 is 2.57 bits per heavy atom. The molecular formula is C9H7Br3O2. The first-order valence-electron chi connectivity index (χ1n) is 3.72. The Labute approximate surface area is 107 Å². The summed E-state index contributed by atoms with van der Waals surface area (Å²) in [5.74, 6) is -0.348. The van der Waals surface area contributed by atoms with E-state index in [1.165, 1.54) is 7.11 Å². The van der Waals surface area contributed by atoms with E-state index in [9.17, 15) is 4.79 Å². The van der Waals surface area contributed by atoms with Gasteiger partial charge in [0.2, 0.25) is 0 Å². The van der Waals surface area contributed by atoms with Crippen molar-refractivity contribution in [3.63, 3.8) is 0 Å². The molecule has 0 amide bonds. The van der Waals surface area contributed by atoms with Crippen LogP contribution in [-0.4, -0.2) is 13.1 Å². The van der Waals surface area contributed by atoms with Crippen molar-refractivity contribution >= 4 is 53.8 Å². The molecule has 5 heteroatoms. The number of hydrogen-bond acceptors (Lipinski definition) is 2. The molecule has 2 nitrogen and oxygen atoms in total. The van der Waals surface area contributed by atoms with E-state index < -0.39 is 0 Å². The Morgan fingerprint density at radius 1 is 1.43 bits per heavy atom. The van der Waals surface area contributed by atoms with Crippen LogP contribution in [0, 0.1) is 0 Å². The molecule has 0 fully saturated rings. The van der Waals surface area contributed by atoms with Crippen molar-refractivity contribution < 1.29 is 9.53 Å². The number of benzene rings is 1. The average molecular weight is 387 g/mol. The minimum absolute atomic E-state index is 0.00832. The van der Waals surface area contributed by atoms with E-state index in [4.69, 9.17) is 0 Å². The maximum absolute atomic E-state index is 11.3. The van der Waals surface area contributed by atoms with Crippen LogP contribution in [0.3, 0.4) is 0 Å². The van der Waals surface area contributed by atoms with Crippen LogP contribution in [0.15, 0.2) is 22.7 Å². The fourth-order valence-electron chi connectivity index (χ4n) is 0.986. The van der Waals surface area contributed by atoms with Gasteiger partial charge < -0.3 is 4.74 Å². The molecule has 0 aliphatic rings. The molecule has 0 spiro atoms. The number of alkyl halides is 2. The second-order valence-electron chi connectivity index (χ2n) is 2.50. The summed E-state index contributed by atoms with van der Waals surface area (Å²) in [7, 11) is 1.36. The summed E-state index contributed by atoms with van der Waals surface area (Å²) < 4.78 is 5.40. The molecule has 0 saturated heterocycles. The van der Waals surface area contributed by atoms with E-state index in [2.05, 4.69) is 52.5 Å². The molecule has 1 aromatic rings. The number of rotatable bonds is 2. The summed E-state index contributed by atoms with van der Waals surface area (Å²) in [5.41, 5.74) is 1.47. The van der Waals surface area contributed by atoms with E-state index in [0.717, 1.165) is 10.0 Å². The fraction of sp³-hybridized carbons (Fsp3) is 0.222. The standard InChI is InChI=1S/C9H7Br3O2/c1-14-9(13)6-4-2-3-5(7(6)10)8(11)12/h2-4,8H,1H3. The van der Waals surface area contributed by atoms with Crippen molar-refractivity contribution in [1.82, 2.24) is 0 Å². The van der Waals surface area contributed by atoms with Gasteiger partial charge in [-0.25, -0.2) is 4.79 Å². The van der Waals surface area contributed by atoms with E-state index in [-0.39, 0.29) is 9.71 Å². The third kappa shape index (κ3) is 2.58. The van der Waals surface area contributed by atoms with Crippen molar-refractivity contribution in [3.8, 4) is 0 Å². The van der Waals surface area contributed by atoms with Gasteiger partial charge in [-0.1, -0.05) is 44.0 Å². The van der Waals surface area contributed by atoms with Crippen molar-refractivity contribution in [1.29, 1.82) is 0 Å². The zero-order valence-corrected chi connectivity index (χ0v) is 12.0. The predicted octanol–water partition coefficient (Wildman–Crippen LogP) is 4.02. The third-order valence-electron chi connectivity index (χ3n) is 1.67. The second-order valence-corrected chi connectivity index (χ2v) is 6.35. The smallest absolute Gasteiger partial charge is 0.339 e. The fourth-order valence-corrected chi connectivity index (χ4v) is 3.02. The average Bonchev–Trinajstić information content (AvgIpc) is 2.16. The molecule has 0 atom stereocenters. The Balaban J connectivity index is 3.20. The van der Waals surface area contributed by atoms with E-state index in [0.29, 0.717) is 5.56 Å².